The molecule has 2 unspecified atom stereocenters. The highest BCUT2D eigenvalue weighted by Crippen LogP contribution is 2.33. The van der Waals surface area contributed by atoms with Crippen LogP contribution in [0.1, 0.15) is 33.1 Å². The molecule has 1 aliphatic carbocycles. The average molecular weight is 301 g/mol. The first kappa shape index (κ1) is 14.7. The third-order valence-electron chi connectivity index (χ3n) is 3.23. The third-order valence-corrected chi connectivity index (χ3v) is 4.84. The maximum Gasteiger partial charge on any atom is 0.224 e. The van der Waals surface area contributed by atoms with Gasteiger partial charge in [0.1, 0.15) is 5.02 Å². The number of halogens is 1. The van der Waals surface area contributed by atoms with E-state index in [-0.39, 0.29) is 0 Å². The van der Waals surface area contributed by atoms with E-state index in [4.69, 9.17) is 11.6 Å². The Labute approximate surface area is 124 Å². The SMILES string of the molecule is CCNc1ncc(Cl)c(NC2CCCC2SCC)n1. The van der Waals surface area contributed by atoms with Gasteiger partial charge in [0.05, 0.1) is 6.20 Å². The minimum atomic E-state index is 0.465. The first-order valence-electron chi connectivity index (χ1n) is 6.89. The number of thioether (sulfide) groups is 1. The molecule has 1 saturated carbocycles. The van der Waals surface area contributed by atoms with E-state index in [9.17, 15) is 0 Å². The predicted octanol–water partition coefficient (Wildman–Crippen LogP) is 3.65. The fraction of sp³-hybridized carbons (Fsp3) is 0.692. The molecular weight excluding hydrogens is 280 g/mol. The highest BCUT2D eigenvalue weighted by molar-refractivity contribution is 7.99. The molecule has 1 aliphatic rings. The van der Waals surface area contributed by atoms with Gasteiger partial charge in [-0.1, -0.05) is 24.9 Å². The Bertz CT molecular complexity index is 416. The van der Waals surface area contributed by atoms with Crippen molar-refractivity contribution in [1.29, 1.82) is 0 Å². The van der Waals surface area contributed by atoms with Crippen molar-refractivity contribution in [2.45, 2.75) is 44.4 Å². The van der Waals surface area contributed by atoms with Crippen molar-refractivity contribution in [2.24, 2.45) is 0 Å². The molecule has 106 valence electrons. The Kier molecular flexibility index (Phi) is 5.58. The zero-order valence-corrected chi connectivity index (χ0v) is 13.0. The summed E-state index contributed by atoms with van der Waals surface area (Å²) in [5, 5.41) is 7.87. The lowest BCUT2D eigenvalue weighted by Crippen LogP contribution is -2.27. The van der Waals surface area contributed by atoms with Gasteiger partial charge in [-0.15, -0.1) is 0 Å². The maximum absolute atomic E-state index is 6.18. The van der Waals surface area contributed by atoms with Gasteiger partial charge >= 0.3 is 0 Å². The number of hydrogen-bond acceptors (Lipinski definition) is 5. The molecule has 1 fully saturated rings. The minimum Gasteiger partial charge on any atom is -0.365 e. The summed E-state index contributed by atoms with van der Waals surface area (Å²) in [6, 6.07) is 0.465. The van der Waals surface area contributed by atoms with E-state index in [1.165, 1.54) is 19.3 Å². The molecule has 0 bridgehead atoms. The molecule has 1 heterocycles. The summed E-state index contributed by atoms with van der Waals surface area (Å²) in [6.07, 6.45) is 5.40. The summed E-state index contributed by atoms with van der Waals surface area (Å²) >= 11 is 8.20. The number of hydrogen-bond donors (Lipinski definition) is 2. The smallest absolute Gasteiger partial charge is 0.224 e. The van der Waals surface area contributed by atoms with Crippen LogP contribution in [0.2, 0.25) is 5.02 Å². The number of nitrogens with one attached hydrogen (secondary N) is 2. The van der Waals surface area contributed by atoms with Crippen molar-refractivity contribution in [3.05, 3.63) is 11.2 Å². The number of nitrogens with zero attached hydrogens (tertiary/aromatic N) is 2. The van der Waals surface area contributed by atoms with Gasteiger partial charge < -0.3 is 10.6 Å². The van der Waals surface area contributed by atoms with E-state index in [1.54, 1.807) is 6.20 Å². The molecule has 0 aromatic carbocycles. The third kappa shape index (κ3) is 3.89. The summed E-state index contributed by atoms with van der Waals surface area (Å²) in [7, 11) is 0. The summed E-state index contributed by atoms with van der Waals surface area (Å²) < 4.78 is 0. The standard InChI is InChI=1S/C13H21ClN4S/c1-3-15-13-16-8-9(14)12(18-13)17-10-6-5-7-11(10)19-4-2/h8,10-11H,3-7H2,1-2H3,(H2,15,16,17,18). The van der Waals surface area contributed by atoms with Crippen molar-refractivity contribution in [2.75, 3.05) is 22.9 Å². The van der Waals surface area contributed by atoms with E-state index >= 15 is 0 Å². The van der Waals surface area contributed by atoms with Crippen LogP contribution in [0.5, 0.6) is 0 Å². The lowest BCUT2D eigenvalue weighted by atomic mass is 10.2. The first-order chi connectivity index (χ1) is 9.24. The summed E-state index contributed by atoms with van der Waals surface area (Å²) in [5.74, 6) is 2.54. The lowest BCUT2D eigenvalue weighted by molar-refractivity contribution is 0.762. The highest BCUT2D eigenvalue weighted by Gasteiger charge is 2.27. The van der Waals surface area contributed by atoms with E-state index < -0.39 is 0 Å². The van der Waals surface area contributed by atoms with Crippen LogP contribution in [0.4, 0.5) is 11.8 Å². The van der Waals surface area contributed by atoms with E-state index in [2.05, 4.69) is 27.5 Å². The molecule has 2 rings (SSSR count). The largest absolute Gasteiger partial charge is 0.365 e. The van der Waals surface area contributed by atoms with Crippen LogP contribution >= 0.6 is 23.4 Å². The Morgan fingerprint density at radius 1 is 1.42 bits per heavy atom. The Balaban J connectivity index is 2.06. The van der Waals surface area contributed by atoms with Crippen molar-refractivity contribution >= 4 is 35.1 Å². The molecule has 2 N–H and O–H groups in total. The minimum absolute atomic E-state index is 0.465. The monoisotopic (exact) mass is 300 g/mol. The maximum atomic E-state index is 6.18. The highest BCUT2D eigenvalue weighted by atomic mass is 35.5. The fourth-order valence-corrected chi connectivity index (χ4v) is 3.74. The van der Waals surface area contributed by atoms with Crippen LogP contribution in [0.15, 0.2) is 6.20 Å². The van der Waals surface area contributed by atoms with Gasteiger partial charge in [-0.3, -0.25) is 0 Å². The Morgan fingerprint density at radius 2 is 2.26 bits per heavy atom. The topological polar surface area (TPSA) is 49.8 Å². The molecule has 1 aromatic rings. The second kappa shape index (κ2) is 7.20. The van der Waals surface area contributed by atoms with Gasteiger partial charge in [-0.25, -0.2) is 4.98 Å². The van der Waals surface area contributed by atoms with Gasteiger partial charge in [-0.05, 0) is 25.5 Å². The number of rotatable bonds is 6. The lowest BCUT2D eigenvalue weighted by Gasteiger charge is -2.21. The van der Waals surface area contributed by atoms with Gasteiger partial charge in [-0.2, -0.15) is 16.7 Å². The second-order valence-corrected chi connectivity index (χ2v) is 6.52. The molecular formula is C13H21ClN4S. The van der Waals surface area contributed by atoms with E-state index in [1.807, 2.05) is 18.7 Å². The van der Waals surface area contributed by atoms with Crippen LogP contribution in [0.3, 0.4) is 0 Å². The van der Waals surface area contributed by atoms with Crippen LogP contribution in [0.25, 0.3) is 0 Å². The molecule has 0 amide bonds. The number of anilines is 2. The van der Waals surface area contributed by atoms with Crippen molar-refractivity contribution in [3.8, 4) is 0 Å². The molecule has 4 nitrogen and oxygen atoms in total. The van der Waals surface area contributed by atoms with Gasteiger partial charge in [0.15, 0.2) is 5.82 Å². The summed E-state index contributed by atoms with van der Waals surface area (Å²) in [4.78, 5) is 8.60. The molecule has 1 aromatic heterocycles. The zero-order valence-electron chi connectivity index (χ0n) is 11.4. The first-order valence-corrected chi connectivity index (χ1v) is 8.31. The average Bonchev–Trinajstić information content (AvgIpc) is 2.82. The molecule has 0 spiro atoms. The second-order valence-electron chi connectivity index (χ2n) is 4.60. The van der Waals surface area contributed by atoms with Crippen LogP contribution in [-0.2, 0) is 0 Å². The normalized spacial score (nSPS) is 22.5. The molecule has 0 radical (unpaired) electrons. The Hall–Kier alpha value is -0.680. The zero-order chi connectivity index (χ0) is 13.7. The van der Waals surface area contributed by atoms with E-state index in [0.717, 1.165) is 18.1 Å². The van der Waals surface area contributed by atoms with Crippen LogP contribution in [0, 0.1) is 0 Å². The summed E-state index contributed by atoms with van der Waals surface area (Å²) in [6.45, 7) is 5.04. The van der Waals surface area contributed by atoms with Crippen LogP contribution in [-0.4, -0.2) is 33.6 Å². The Morgan fingerprint density at radius 3 is 3.00 bits per heavy atom. The van der Waals surface area contributed by atoms with Gasteiger partial charge in [0.25, 0.3) is 0 Å². The van der Waals surface area contributed by atoms with Gasteiger partial charge in [0, 0.05) is 17.8 Å². The predicted molar refractivity (Wildman–Crippen MR) is 84.4 cm³/mol. The quantitative estimate of drug-likeness (QED) is 0.840. The molecule has 19 heavy (non-hydrogen) atoms. The molecule has 6 heteroatoms. The van der Waals surface area contributed by atoms with Crippen molar-refractivity contribution < 1.29 is 0 Å². The van der Waals surface area contributed by atoms with Gasteiger partial charge in [0.2, 0.25) is 5.95 Å². The molecule has 2 atom stereocenters. The van der Waals surface area contributed by atoms with E-state index in [0.29, 0.717) is 22.3 Å². The molecule has 0 aliphatic heterocycles. The fourth-order valence-electron chi connectivity index (χ4n) is 2.39. The number of aromatic nitrogens is 2. The van der Waals surface area contributed by atoms with Crippen LogP contribution < -0.4 is 10.6 Å². The van der Waals surface area contributed by atoms with Crippen molar-refractivity contribution in [3.63, 3.8) is 0 Å². The van der Waals surface area contributed by atoms with Crippen molar-refractivity contribution in [1.82, 2.24) is 9.97 Å². The molecule has 0 saturated heterocycles. The summed E-state index contributed by atoms with van der Waals surface area (Å²) in [5.41, 5.74) is 0.